The van der Waals surface area contributed by atoms with Gasteiger partial charge in [-0.1, -0.05) is 11.6 Å². The fraction of sp³-hybridized carbons (Fsp3) is 0.682. The summed E-state index contributed by atoms with van der Waals surface area (Å²) in [6.45, 7) is 13.3. The average molecular weight is 477 g/mol. The number of nitrogens with zero attached hydrogens (tertiary/aromatic N) is 1. The van der Waals surface area contributed by atoms with Crippen LogP contribution in [0.2, 0.25) is 5.02 Å². The topological polar surface area (TPSA) is 84.9 Å². The molecule has 0 saturated carbocycles. The molecule has 0 aromatic heterocycles. The van der Waals surface area contributed by atoms with Gasteiger partial charge in [0.2, 0.25) is 0 Å². The number of likely N-dealkylation sites (tertiary alicyclic amines) is 1. The Kier molecular flexibility index (Phi) is 8.17. The second-order valence-corrected chi connectivity index (χ2v) is 12.4. The molecule has 2 N–H and O–H groups in total. The van der Waals surface area contributed by atoms with Crippen LogP contribution in [0.15, 0.2) is 6.07 Å². The molecule has 0 aliphatic carbocycles. The summed E-state index contributed by atoms with van der Waals surface area (Å²) in [5.41, 5.74) is -0.144. The summed E-state index contributed by atoms with van der Waals surface area (Å²) in [6.07, 6.45) is 0.673. The first-order valence-corrected chi connectivity index (χ1v) is 12.0. The highest BCUT2D eigenvalue weighted by molar-refractivity contribution is 7.90. The van der Waals surface area contributed by atoms with Gasteiger partial charge in [-0.25, -0.2) is 9.18 Å². The zero-order chi connectivity index (χ0) is 23.7. The van der Waals surface area contributed by atoms with Crippen LogP contribution in [0.3, 0.4) is 0 Å². The molecule has 2 unspecified atom stereocenters. The number of halogens is 2. The van der Waals surface area contributed by atoms with E-state index in [0.717, 1.165) is 0 Å². The van der Waals surface area contributed by atoms with Gasteiger partial charge in [-0.15, -0.1) is 4.72 Å². The summed E-state index contributed by atoms with van der Waals surface area (Å²) >= 11 is 4.63. The Labute approximate surface area is 192 Å². The van der Waals surface area contributed by atoms with Crippen LogP contribution in [-0.4, -0.2) is 44.1 Å². The van der Waals surface area contributed by atoms with E-state index < -0.39 is 33.6 Å². The van der Waals surface area contributed by atoms with Crippen LogP contribution in [0.25, 0.3) is 0 Å². The molecule has 1 aromatic carbocycles. The molecule has 31 heavy (non-hydrogen) atoms. The second kappa shape index (κ2) is 9.73. The van der Waals surface area contributed by atoms with Crippen molar-refractivity contribution in [2.75, 3.05) is 13.1 Å². The van der Waals surface area contributed by atoms with E-state index in [1.165, 1.54) is 6.07 Å². The maximum Gasteiger partial charge on any atom is 0.410 e. The summed E-state index contributed by atoms with van der Waals surface area (Å²) < 4.78 is 35.9. The van der Waals surface area contributed by atoms with Crippen molar-refractivity contribution in [2.24, 2.45) is 5.92 Å². The number of hydrogen-bond donors (Lipinski definition) is 2. The number of carbonyl (C=O) groups excluding carboxylic acids is 1. The van der Waals surface area contributed by atoms with Gasteiger partial charge in [-0.05, 0) is 78.9 Å². The number of phenolic OH excluding ortho intramolecular Hbond substituents is 1. The second-order valence-electron chi connectivity index (χ2n) is 10.0. The number of aromatic hydroxyl groups is 1. The quantitative estimate of drug-likeness (QED) is 0.581. The van der Waals surface area contributed by atoms with E-state index in [-0.39, 0.29) is 28.3 Å². The van der Waals surface area contributed by atoms with Crippen LogP contribution < -0.4 is 4.72 Å². The molecule has 1 aliphatic heterocycles. The van der Waals surface area contributed by atoms with Gasteiger partial charge in [0.25, 0.3) is 0 Å². The molecule has 0 bridgehead atoms. The molecule has 1 aromatic rings. The number of carbonyl (C=O) groups is 1. The van der Waals surface area contributed by atoms with Crippen molar-refractivity contribution in [3.63, 3.8) is 0 Å². The van der Waals surface area contributed by atoms with E-state index in [1.54, 1.807) is 11.8 Å². The maximum absolute atomic E-state index is 15.2. The molecule has 0 radical (unpaired) electrons. The van der Waals surface area contributed by atoms with Gasteiger partial charge in [-0.2, -0.15) is 0 Å². The first-order valence-electron chi connectivity index (χ1n) is 10.4. The smallest absolute Gasteiger partial charge is 0.410 e. The van der Waals surface area contributed by atoms with Crippen LogP contribution in [-0.2, 0) is 16.1 Å². The normalized spacial score (nSPS) is 18.1. The van der Waals surface area contributed by atoms with Crippen molar-refractivity contribution in [2.45, 2.75) is 77.7 Å². The summed E-state index contributed by atoms with van der Waals surface area (Å²) in [5.74, 6) is -1.10. The fourth-order valence-electron chi connectivity index (χ4n) is 3.47. The molecular weight excluding hydrogens is 443 g/mol. The molecule has 0 spiro atoms. The molecule has 1 amide bonds. The molecule has 6 nitrogen and oxygen atoms in total. The molecule has 1 heterocycles. The third kappa shape index (κ3) is 6.63. The van der Waals surface area contributed by atoms with Crippen LogP contribution in [0.4, 0.5) is 9.18 Å². The number of rotatable bonds is 4. The maximum atomic E-state index is 15.2. The van der Waals surface area contributed by atoms with Crippen LogP contribution in [0.1, 0.15) is 71.6 Å². The van der Waals surface area contributed by atoms with Crippen molar-refractivity contribution in [3.8, 4) is 5.75 Å². The van der Waals surface area contributed by atoms with Gasteiger partial charge < -0.3 is 19.3 Å². The summed E-state index contributed by atoms with van der Waals surface area (Å²) in [5, 5.41) is 10.5. The molecule has 1 saturated heterocycles. The third-order valence-corrected chi connectivity index (χ3v) is 7.21. The van der Waals surface area contributed by atoms with Gasteiger partial charge in [0.05, 0.1) is 16.6 Å². The number of piperidine rings is 1. The van der Waals surface area contributed by atoms with E-state index in [0.29, 0.717) is 31.5 Å². The Morgan fingerprint density at radius 3 is 2.35 bits per heavy atom. The largest absolute Gasteiger partial charge is 0.598 e. The SMILES string of the molecule is Cc1cc(O)c(C(N[S+]([O-])C(C)(C)C)C2CCN(C(=O)OC(C)(C)C)CC2)c(F)c1Cl. The third-order valence-electron chi connectivity index (χ3n) is 5.17. The number of amides is 1. The molecular formula is C22H34ClFN2O4S. The molecule has 2 rings (SSSR count). The molecule has 176 valence electrons. The van der Waals surface area contributed by atoms with Crippen molar-refractivity contribution in [1.29, 1.82) is 0 Å². The van der Waals surface area contributed by atoms with E-state index >= 15 is 4.39 Å². The van der Waals surface area contributed by atoms with Gasteiger partial charge >= 0.3 is 6.09 Å². The molecule has 2 atom stereocenters. The summed E-state index contributed by atoms with van der Waals surface area (Å²) in [7, 11) is 0. The number of nitrogens with one attached hydrogen (secondary N) is 1. The number of phenols is 1. The average Bonchev–Trinajstić information content (AvgIpc) is 2.63. The lowest BCUT2D eigenvalue weighted by molar-refractivity contribution is 0.0171. The minimum Gasteiger partial charge on any atom is -0.598 e. The Balaban J connectivity index is 2.30. The highest BCUT2D eigenvalue weighted by atomic mass is 35.5. The lowest BCUT2D eigenvalue weighted by Gasteiger charge is -2.38. The fourth-order valence-corrected chi connectivity index (χ4v) is 4.52. The Morgan fingerprint density at radius 1 is 1.32 bits per heavy atom. The lowest BCUT2D eigenvalue weighted by atomic mass is 9.85. The predicted octanol–water partition coefficient (Wildman–Crippen LogP) is 5.23. The first kappa shape index (κ1) is 26.0. The van der Waals surface area contributed by atoms with E-state index in [4.69, 9.17) is 16.3 Å². The number of benzene rings is 1. The van der Waals surface area contributed by atoms with Gasteiger partial charge in [0, 0.05) is 24.5 Å². The van der Waals surface area contributed by atoms with Crippen LogP contribution in [0, 0.1) is 18.7 Å². The number of ether oxygens (including phenoxy) is 1. The summed E-state index contributed by atoms with van der Waals surface area (Å²) in [6, 6.07) is 0.699. The monoisotopic (exact) mass is 476 g/mol. The molecule has 1 fully saturated rings. The van der Waals surface area contributed by atoms with Crippen molar-refractivity contribution < 1.29 is 23.6 Å². The van der Waals surface area contributed by atoms with Crippen molar-refractivity contribution in [3.05, 3.63) is 28.0 Å². The van der Waals surface area contributed by atoms with Crippen LogP contribution >= 0.6 is 11.6 Å². The zero-order valence-corrected chi connectivity index (χ0v) is 20.9. The Bertz CT molecular complexity index is 802. The van der Waals surface area contributed by atoms with Gasteiger partial charge in [-0.3, -0.25) is 0 Å². The van der Waals surface area contributed by atoms with Crippen molar-refractivity contribution in [1.82, 2.24) is 9.62 Å². The lowest BCUT2D eigenvalue weighted by Crippen LogP contribution is -2.47. The zero-order valence-electron chi connectivity index (χ0n) is 19.3. The predicted molar refractivity (Wildman–Crippen MR) is 122 cm³/mol. The van der Waals surface area contributed by atoms with Crippen molar-refractivity contribution >= 4 is 29.1 Å². The number of aryl methyl sites for hydroxylation is 1. The minimum atomic E-state index is -1.51. The Morgan fingerprint density at radius 2 is 1.87 bits per heavy atom. The first-order chi connectivity index (χ1) is 14.1. The van der Waals surface area contributed by atoms with E-state index in [9.17, 15) is 14.5 Å². The number of hydrogen-bond acceptors (Lipinski definition) is 5. The van der Waals surface area contributed by atoms with Crippen LogP contribution in [0.5, 0.6) is 5.75 Å². The van der Waals surface area contributed by atoms with Gasteiger partial charge in [0.15, 0.2) is 5.82 Å². The standard InChI is InChI=1S/C22H34ClFN2O4S/c1-13-12-15(27)16(18(24)17(13)23)19(25-31(29)22(5,6)7)14-8-10-26(11-9-14)20(28)30-21(2,3)4/h12,14,19,25,27H,8-11H2,1-7H3. The van der Waals surface area contributed by atoms with E-state index in [1.807, 2.05) is 41.5 Å². The highest BCUT2D eigenvalue weighted by Gasteiger charge is 2.39. The summed E-state index contributed by atoms with van der Waals surface area (Å²) in [4.78, 5) is 14.0. The molecule has 9 heteroatoms. The van der Waals surface area contributed by atoms with E-state index in [2.05, 4.69) is 4.72 Å². The van der Waals surface area contributed by atoms with Gasteiger partial charge in [0.1, 0.15) is 16.1 Å². The Hall–Kier alpha value is -1.22. The highest BCUT2D eigenvalue weighted by Crippen LogP contribution is 2.41. The minimum absolute atomic E-state index is 0.0175. The molecule has 1 aliphatic rings.